The Morgan fingerprint density at radius 3 is 2.27 bits per heavy atom. The van der Waals surface area contributed by atoms with Crippen molar-refractivity contribution in [1.82, 2.24) is 0 Å². The van der Waals surface area contributed by atoms with Crippen molar-refractivity contribution in [2.75, 3.05) is 0 Å². The molecule has 3 nitrogen and oxygen atoms in total. The second-order valence-corrected chi connectivity index (χ2v) is 3.28. The van der Waals surface area contributed by atoms with E-state index in [0.717, 1.165) is 4.90 Å². The van der Waals surface area contributed by atoms with Crippen LogP contribution in [0.5, 0.6) is 0 Å². The summed E-state index contributed by atoms with van der Waals surface area (Å²) in [5.41, 5.74) is 0.132. The lowest BCUT2D eigenvalue weighted by Gasteiger charge is -1.93. The summed E-state index contributed by atoms with van der Waals surface area (Å²) in [6, 6.07) is 6.42. The Balaban J connectivity index is 2.91. The fourth-order valence-corrected chi connectivity index (χ4v) is 1.41. The third-order valence-electron chi connectivity index (χ3n) is 1.18. The quantitative estimate of drug-likeness (QED) is 0.405. The van der Waals surface area contributed by atoms with Crippen molar-refractivity contribution in [2.24, 2.45) is 0 Å². The molecule has 0 aliphatic heterocycles. The molecule has 0 fully saturated rings. The van der Waals surface area contributed by atoms with Gasteiger partial charge in [0.2, 0.25) is 0 Å². The van der Waals surface area contributed by atoms with Gasteiger partial charge in [0.1, 0.15) is 0 Å². The molecule has 0 saturated heterocycles. The van der Waals surface area contributed by atoms with Crippen LogP contribution in [0.3, 0.4) is 0 Å². The molecule has 1 unspecified atom stereocenters. The molecule has 5 heteroatoms. The first kappa shape index (κ1) is 8.50. The van der Waals surface area contributed by atoms with E-state index in [2.05, 4.69) is 8.44 Å². The molecule has 1 rings (SSSR count). The van der Waals surface area contributed by atoms with Gasteiger partial charge in [-0.2, -0.15) is 0 Å². The Bertz CT molecular complexity index is 262. The predicted molar refractivity (Wildman–Crippen MR) is 48.7 cm³/mol. The maximum Gasteiger partial charge on any atom is 0.269 e. The zero-order chi connectivity index (χ0) is 8.27. The Kier molecular flexibility index (Phi) is 2.85. The monoisotopic (exact) mass is 187 g/mol. The largest absolute Gasteiger partial charge is 0.269 e. The molecule has 0 amide bonds. The summed E-state index contributed by atoms with van der Waals surface area (Å²) in [4.78, 5) is 10.8. The highest BCUT2D eigenvalue weighted by molar-refractivity contribution is 8.43. The van der Waals surface area contributed by atoms with E-state index >= 15 is 0 Å². The van der Waals surface area contributed by atoms with E-state index in [9.17, 15) is 10.1 Å². The van der Waals surface area contributed by atoms with E-state index in [1.165, 1.54) is 23.5 Å². The van der Waals surface area contributed by atoms with E-state index in [0.29, 0.717) is 0 Å². The SMILES string of the molecule is O=[N+]([O-])c1ccc(SP)cc1. The number of hydrogen-bond donors (Lipinski definition) is 0. The molecule has 1 aromatic carbocycles. The highest BCUT2D eigenvalue weighted by atomic mass is 32.7. The maximum atomic E-state index is 10.2. The topological polar surface area (TPSA) is 43.1 Å². The van der Waals surface area contributed by atoms with Gasteiger partial charge in [-0.25, -0.2) is 0 Å². The van der Waals surface area contributed by atoms with Crippen molar-refractivity contribution >= 4 is 25.5 Å². The Morgan fingerprint density at radius 1 is 1.36 bits per heavy atom. The summed E-state index contributed by atoms with van der Waals surface area (Å²) in [5, 5.41) is 10.2. The highest BCUT2D eigenvalue weighted by Crippen LogP contribution is 2.25. The van der Waals surface area contributed by atoms with Crippen molar-refractivity contribution < 1.29 is 4.92 Å². The summed E-state index contributed by atoms with van der Waals surface area (Å²) in [7, 11) is 2.48. The minimum absolute atomic E-state index is 0.132. The fourth-order valence-electron chi connectivity index (χ4n) is 0.646. The van der Waals surface area contributed by atoms with Crippen LogP contribution in [-0.2, 0) is 0 Å². The predicted octanol–water partition coefficient (Wildman–Crippen LogP) is 2.48. The average molecular weight is 187 g/mol. The zero-order valence-electron chi connectivity index (χ0n) is 5.56. The molecule has 0 radical (unpaired) electrons. The van der Waals surface area contributed by atoms with Crippen molar-refractivity contribution in [3.05, 3.63) is 34.4 Å². The molecule has 1 atom stereocenters. The first-order valence-corrected chi connectivity index (χ1v) is 5.14. The van der Waals surface area contributed by atoms with Crippen LogP contribution in [0.4, 0.5) is 5.69 Å². The zero-order valence-corrected chi connectivity index (χ0v) is 7.53. The van der Waals surface area contributed by atoms with E-state index < -0.39 is 4.92 Å². The number of nitro benzene ring substituents is 1. The molecule has 0 spiro atoms. The highest BCUT2D eigenvalue weighted by Gasteiger charge is 2.02. The number of benzene rings is 1. The van der Waals surface area contributed by atoms with Gasteiger partial charge in [-0.3, -0.25) is 10.1 Å². The smallest absolute Gasteiger partial charge is 0.258 e. The molecule has 11 heavy (non-hydrogen) atoms. The first-order chi connectivity index (χ1) is 5.24. The van der Waals surface area contributed by atoms with Crippen LogP contribution in [0.1, 0.15) is 0 Å². The van der Waals surface area contributed by atoms with Gasteiger partial charge < -0.3 is 0 Å². The van der Waals surface area contributed by atoms with Gasteiger partial charge in [0.25, 0.3) is 5.69 Å². The van der Waals surface area contributed by atoms with Crippen LogP contribution in [0.15, 0.2) is 29.2 Å². The molecule has 0 saturated carbocycles. The first-order valence-electron chi connectivity index (χ1n) is 2.85. The normalized spacial score (nSPS) is 9.55. The molecule has 0 aliphatic rings. The number of nitro groups is 1. The molecule has 0 heterocycles. The van der Waals surface area contributed by atoms with Crippen LogP contribution in [0, 0.1) is 10.1 Å². The number of rotatable bonds is 2. The Morgan fingerprint density at radius 2 is 1.91 bits per heavy atom. The average Bonchev–Trinajstić information content (AvgIpc) is 2.05. The molecular weight excluding hydrogens is 181 g/mol. The molecule has 58 valence electrons. The second-order valence-electron chi connectivity index (χ2n) is 1.87. The Hall–Kier alpha value is -0.600. The van der Waals surface area contributed by atoms with Crippen molar-refractivity contribution in [3.8, 4) is 0 Å². The number of nitrogens with zero attached hydrogens (tertiary/aromatic N) is 1. The van der Waals surface area contributed by atoms with Gasteiger partial charge in [-0.05, 0) is 12.1 Å². The van der Waals surface area contributed by atoms with Crippen LogP contribution in [0.2, 0.25) is 0 Å². The lowest BCUT2D eigenvalue weighted by Crippen LogP contribution is -1.85. The van der Waals surface area contributed by atoms with E-state index in [4.69, 9.17) is 0 Å². The summed E-state index contributed by atoms with van der Waals surface area (Å²) >= 11 is 1.48. The van der Waals surface area contributed by atoms with Crippen molar-refractivity contribution in [3.63, 3.8) is 0 Å². The summed E-state index contributed by atoms with van der Waals surface area (Å²) < 4.78 is 0. The van der Waals surface area contributed by atoms with Gasteiger partial charge >= 0.3 is 0 Å². The van der Waals surface area contributed by atoms with Crippen LogP contribution in [-0.4, -0.2) is 4.92 Å². The third kappa shape index (κ3) is 2.17. The van der Waals surface area contributed by atoms with Crippen molar-refractivity contribution in [1.29, 1.82) is 0 Å². The summed E-state index contributed by atoms with van der Waals surface area (Å²) in [6.45, 7) is 0. The molecule has 1 aromatic rings. The third-order valence-corrected chi connectivity index (χ3v) is 2.54. The summed E-state index contributed by atoms with van der Waals surface area (Å²) in [6.07, 6.45) is 0. The van der Waals surface area contributed by atoms with Crippen LogP contribution < -0.4 is 0 Å². The maximum absolute atomic E-state index is 10.2. The molecular formula is C6H6NO2PS. The van der Waals surface area contributed by atoms with Gasteiger partial charge in [-0.15, -0.1) is 11.4 Å². The van der Waals surface area contributed by atoms with Crippen molar-refractivity contribution in [2.45, 2.75) is 4.90 Å². The van der Waals surface area contributed by atoms with E-state index in [1.54, 1.807) is 12.1 Å². The van der Waals surface area contributed by atoms with E-state index in [-0.39, 0.29) is 5.69 Å². The standard InChI is InChI=1S/C6H6NO2PS/c8-7(9)5-1-3-6(11-10)4-2-5/h1-4H,10H2. The van der Waals surface area contributed by atoms with E-state index in [1.807, 2.05) is 0 Å². The second kappa shape index (κ2) is 3.69. The van der Waals surface area contributed by atoms with Gasteiger partial charge in [0.15, 0.2) is 0 Å². The van der Waals surface area contributed by atoms with Crippen LogP contribution >= 0.6 is 19.8 Å². The lowest BCUT2D eigenvalue weighted by molar-refractivity contribution is -0.384. The van der Waals surface area contributed by atoms with Gasteiger partial charge in [-0.1, -0.05) is 8.44 Å². The van der Waals surface area contributed by atoms with Gasteiger partial charge in [0.05, 0.1) is 4.92 Å². The molecule has 0 aliphatic carbocycles. The Labute approximate surface area is 70.3 Å². The lowest BCUT2D eigenvalue weighted by atomic mass is 10.3. The molecule has 0 N–H and O–H groups in total. The minimum Gasteiger partial charge on any atom is -0.258 e. The summed E-state index contributed by atoms with van der Waals surface area (Å²) in [5.74, 6) is 0. The van der Waals surface area contributed by atoms with Gasteiger partial charge in [0, 0.05) is 17.0 Å². The number of hydrogen-bond acceptors (Lipinski definition) is 3. The minimum atomic E-state index is -0.406. The fraction of sp³-hybridized carbons (Fsp3) is 0. The van der Waals surface area contributed by atoms with Crippen LogP contribution in [0.25, 0.3) is 0 Å². The number of non-ortho nitro benzene ring substituents is 1. The molecule has 0 aromatic heterocycles. The molecule has 0 bridgehead atoms.